The quantitative estimate of drug-likeness (QED) is 0.834. The lowest BCUT2D eigenvalue weighted by Crippen LogP contribution is -2.27. The summed E-state index contributed by atoms with van der Waals surface area (Å²) in [7, 11) is 1.67. The monoisotopic (exact) mass is 342 g/mol. The second kappa shape index (κ2) is 6.56. The van der Waals surface area contributed by atoms with Crippen molar-refractivity contribution < 1.29 is 4.79 Å². The van der Waals surface area contributed by atoms with E-state index in [9.17, 15) is 4.79 Å². The van der Waals surface area contributed by atoms with Crippen LogP contribution in [0.15, 0.2) is 36.4 Å². The molecule has 2 aromatic carbocycles. The van der Waals surface area contributed by atoms with Crippen LogP contribution in [0, 0.1) is 0 Å². The lowest BCUT2D eigenvalue weighted by Gasteiger charge is -2.19. The highest BCUT2D eigenvalue weighted by atomic mass is 35.5. The summed E-state index contributed by atoms with van der Waals surface area (Å²) in [6.07, 6.45) is 0. The molecule has 0 heterocycles. The number of carbonyl (C=O) groups is 1. The first kappa shape index (κ1) is 16.0. The molecule has 2 N–H and O–H groups in total. The Balaban J connectivity index is 2.21. The van der Waals surface area contributed by atoms with Crippen LogP contribution in [0.1, 0.15) is 15.9 Å². The highest BCUT2D eigenvalue weighted by molar-refractivity contribution is 6.35. The minimum Gasteiger partial charge on any atom is -0.398 e. The van der Waals surface area contributed by atoms with Crippen molar-refractivity contribution in [2.45, 2.75) is 6.54 Å². The molecular weight excluding hydrogens is 331 g/mol. The zero-order valence-corrected chi connectivity index (χ0v) is 13.5. The normalized spacial score (nSPS) is 10.5. The molecule has 0 aliphatic carbocycles. The van der Waals surface area contributed by atoms with E-state index < -0.39 is 0 Å². The van der Waals surface area contributed by atoms with E-state index in [0.717, 1.165) is 5.56 Å². The molecule has 6 heteroatoms. The molecule has 3 nitrogen and oxygen atoms in total. The molecule has 0 aliphatic heterocycles. The smallest absolute Gasteiger partial charge is 0.256 e. The van der Waals surface area contributed by atoms with Gasteiger partial charge >= 0.3 is 0 Å². The molecule has 0 saturated carbocycles. The molecule has 2 aromatic rings. The van der Waals surface area contributed by atoms with E-state index in [0.29, 0.717) is 32.9 Å². The predicted octanol–water partition coefficient (Wildman–Crippen LogP) is 4.50. The van der Waals surface area contributed by atoms with E-state index in [1.165, 1.54) is 4.90 Å². The summed E-state index contributed by atoms with van der Waals surface area (Å²) >= 11 is 17.9. The summed E-state index contributed by atoms with van der Waals surface area (Å²) in [5.74, 6) is -0.221. The van der Waals surface area contributed by atoms with Gasteiger partial charge in [-0.2, -0.15) is 0 Å². The van der Waals surface area contributed by atoms with Crippen molar-refractivity contribution in [3.05, 3.63) is 62.6 Å². The highest BCUT2D eigenvalue weighted by Crippen LogP contribution is 2.24. The fourth-order valence-electron chi connectivity index (χ4n) is 1.90. The van der Waals surface area contributed by atoms with E-state index in [1.54, 1.807) is 43.4 Å². The molecule has 0 saturated heterocycles. The van der Waals surface area contributed by atoms with E-state index >= 15 is 0 Å². The average molecular weight is 344 g/mol. The molecule has 0 unspecified atom stereocenters. The zero-order chi connectivity index (χ0) is 15.6. The first-order chi connectivity index (χ1) is 9.88. The third kappa shape index (κ3) is 3.82. The van der Waals surface area contributed by atoms with Gasteiger partial charge in [-0.15, -0.1) is 0 Å². The van der Waals surface area contributed by atoms with Gasteiger partial charge in [0.1, 0.15) is 0 Å². The van der Waals surface area contributed by atoms with Gasteiger partial charge in [0, 0.05) is 34.3 Å². The lowest BCUT2D eigenvalue weighted by molar-refractivity contribution is 0.0786. The molecule has 110 valence electrons. The third-order valence-corrected chi connectivity index (χ3v) is 3.84. The molecule has 0 aromatic heterocycles. The van der Waals surface area contributed by atoms with Crippen LogP contribution >= 0.6 is 34.8 Å². The van der Waals surface area contributed by atoms with E-state index in [-0.39, 0.29) is 5.91 Å². The molecule has 2 rings (SSSR count). The van der Waals surface area contributed by atoms with Gasteiger partial charge in [0.15, 0.2) is 0 Å². The lowest BCUT2D eigenvalue weighted by atomic mass is 10.1. The topological polar surface area (TPSA) is 46.3 Å². The van der Waals surface area contributed by atoms with Crippen molar-refractivity contribution in [2.24, 2.45) is 0 Å². The van der Waals surface area contributed by atoms with Crippen LogP contribution in [0.5, 0.6) is 0 Å². The van der Waals surface area contributed by atoms with Crippen molar-refractivity contribution >= 4 is 46.4 Å². The number of halogens is 3. The fourth-order valence-corrected chi connectivity index (χ4v) is 2.54. The highest BCUT2D eigenvalue weighted by Gasteiger charge is 2.16. The number of rotatable bonds is 3. The van der Waals surface area contributed by atoms with Gasteiger partial charge in [-0.05, 0) is 35.9 Å². The number of hydrogen-bond donors (Lipinski definition) is 1. The average Bonchev–Trinajstić information content (AvgIpc) is 2.43. The molecule has 0 spiro atoms. The molecule has 0 atom stereocenters. The minimum absolute atomic E-state index is 0.221. The summed E-state index contributed by atoms with van der Waals surface area (Å²) in [6.45, 7) is 0.348. The van der Waals surface area contributed by atoms with Gasteiger partial charge in [0.25, 0.3) is 5.91 Å². The van der Waals surface area contributed by atoms with E-state index in [2.05, 4.69) is 0 Å². The molecule has 21 heavy (non-hydrogen) atoms. The van der Waals surface area contributed by atoms with Crippen molar-refractivity contribution in [1.29, 1.82) is 0 Å². The summed E-state index contributed by atoms with van der Waals surface area (Å²) in [5, 5.41) is 1.53. The number of amides is 1. The SMILES string of the molecule is CN(Cc1ccc(Cl)cc1Cl)C(=O)c1cc(Cl)ccc1N. The van der Waals surface area contributed by atoms with E-state index in [4.69, 9.17) is 40.5 Å². The Morgan fingerprint density at radius 2 is 1.71 bits per heavy atom. The maximum absolute atomic E-state index is 12.4. The van der Waals surface area contributed by atoms with Crippen molar-refractivity contribution in [3.63, 3.8) is 0 Å². The van der Waals surface area contributed by atoms with Crippen LogP contribution in [0.25, 0.3) is 0 Å². The van der Waals surface area contributed by atoms with Crippen LogP contribution < -0.4 is 5.73 Å². The number of nitrogens with two attached hydrogens (primary N) is 1. The molecule has 0 bridgehead atoms. The molecule has 0 aliphatic rings. The van der Waals surface area contributed by atoms with Gasteiger partial charge in [0.05, 0.1) is 5.56 Å². The Morgan fingerprint density at radius 1 is 1.10 bits per heavy atom. The number of benzene rings is 2. The molecule has 1 amide bonds. The largest absolute Gasteiger partial charge is 0.398 e. The van der Waals surface area contributed by atoms with Crippen LogP contribution in [-0.2, 0) is 6.54 Å². The third-order valence-electron chi connectivity index (χ3n) is 3.02. The zero-order valence-electron chi connectivity index (χ0n) is 11.2. The van der Waals surface area contributed by atoms with Gasteiger partial charge < -0.3 is 10.6 Å². The van der Waals surface area contributed by atoms with E-state index in [1.807, 2.05) is 0 Å². The maximum atomic E-state index is 12.4. The van der Waals surface area contributed by atoms with Crippen LogP contribution in [-0.4, -0.2) is 17.9 Å². The number of carbonyl (C=O) groups excluding carboxylic acids is 1. The first-order valence-corrected chi connectivity index (χ1v) is 7.26. The second-order valence-corrected chi connectivity index (χ2v) is 5.91. The second-order valence-electron chi connectivity index (χ2n) is 4.63. The van der Waals surface area contributed by atoms with Gasteiger partial charge in [0.2, 0.25) is 0 Å². The van der Waals surface area contributed by atoms with Crippen LogP contribution in [0.2, 0.25) is 15.1 Å². The number of nitrogens with zero attached hydrogens (tertiary/aromatic N) is 1. The number of anilines is 1. The Labute approximate surface area is 138 Å². The maximum Gasteiger partial charge on any atom is 0.256 e. The Bertz CT molecular complexity index is 689. The summed E-state index contributed by atoms with van der Waals surface area (Å²) in [5.41, 5.74) is 7.38. The van der Waals surface area contributed by atoms with Gasteiger partial charge in [-0.1, -0.05) is 40.9 Å². The van der Waals surface area contributed by atoms with Crippen molar-refractivity contribution in [3.8, 4) is 0 Å². The summed E-state index contributed by atoms with van der Waals surface area (Å²) in [6, 6.07) is 9.97. The fraction of sp³-hybridized carbons (Fsp3) is 0.133. The predicted molar refractivity (Wildman–Crippen MR) is 88.1 cm³/mol. The number of nitrogen functional groups attached to an aromatic ring is 1. The number of hydrogen-bond acceptors (Lipinski definition) is 2. The molecular formula is C15H13Cl3N2O. The van der Waals surface area contributed by atoms with Crippen molar-refractivity contribution in [1.82, 2.24) is 4.90 Å². The Kier molecular flexibility index (Phi) is 4.99. The van der Waals surface area contributed by atoms with Gasteiger partial charge in [-0.25, -0.2) is 0 Å². The molecule has 0 fully saturated rings. The Morgan fingerprint density at radius 3 is 2.38 bits per heavy atom. The van der Waals surface area contributed by atoms with Crippen LogP contribution in [0.4, 0.5) is 5.69 Å². The standard InChI is InChI=1S/C15H13Cl3N2O/c1-20(8-9-2-3-11(17)7-13(9)18)15(21)12-6-10(16)4-5-14(12)19/h2-7H,8,19H2,1H3. The Hall–Kier alpha value is -1.42. The summed E-state index contributed by atoms with van der Waals surface area (Å²) < 4.78 is 0. The minimum atomic E-state index is -0.221. The first-order valence-electron chi connectivity index (χ1n) is 6.13. The van der Waals surface area contributed by atoms with Crippen LogP contribution in [0.3, 0.4) is 0 Å². The van der Waals surface area contributed by atoms with Gasteiger partial charge in [-0.3, -0.25) is 4.79 Å². The molecule has 0 radical (unpaired) electrons. The van der Waals surface area contributed by atoms with Crippen molar-refractivity contribution in [2.75, 3.05) is 12.8 Å². The summed E-state index contributed by atoms with van der Waals surface area (Å²) in [4.78, 5) is 13.9.